The third kappa shape index (κ3) is 2.25. The van der Waals surface area contributed by atoms with Gasteiger partial charge in [-0.05, 0) is 13.3 Å². The summed E-state index contributed by atoms with van der Waals surface area (Å²) in [4.78, 5) is 2.38. The predicted molar refractivity (Wildman–Crippen MR) is 68.2 cm³/mol. The maximum absolute atomic E-state index is 5.48. The monoisotopic (exact) mass is 287 g/mol. The molecule has 4 nitrogen and oxygen atoms in total. The second-order valence-electron chi connectivity index (χ2n) is 4.10. The van der Waals surface area contributed by atoms with Crippen molar-refractivity contribution in [2.24, 2.45) is 7.05 Å². The number of aryl methyl sites for hydroxylation is 2. The van der Waals surface area contributed by atoms with Crippen molar-refractivity contribution in [1.82, 2.24) is 9.78 Å². The SMILES string of the molecule is Cc1nn(C)c(N2CCCOCC2)c1CBr. The third-order valence-electron chi connectivity index (χ3n) is 2.97. The summed E-state index contributed by atoms with van der Waals surface area (Å²) in [7, 11) is 2.01. The van der Waals surface area contributed by atoms with E-state index in [0.29, 0.717) is 0 Å². The summed E-state index contributed by atoms with van der Waals surface area (Å²) >= 11 is 3.55. The van der Waals surface area contributed by atoms with Gasteiger partial charge in [0.25, 0.3) is 0 Å². The summed E-state index contributed by atoms with van der Waals surface area (Å²) in [5.74, 6) is 1.24. The van der Waals surface area contributed by atoms with Crippen LogP contribution in [0, 0.1) is 6.92 Å². The van der Waals surface area contributed by atoms with Gasteiger partial charge in [-0.3, -0.25) is 4.68 Å². The lowest BCUT2D eigenvalue weighted by Crippen LogP contribution is -2.28. The summed E-state index contributed by atoms with van der Waals surface area (Å²) < 4.78 is 7.47. The molecule has 0 bridgehead atoms. The van der Waals surface area contributed by atoms with E-state index in [4.69, 9.17) is 4.74 Å². The Morgan fingerprint density at radius 2 is 2.19 bits per heavy atom. The highest BCUT2D eigenvalue weighted by atomic mass is 79.9. The average Bonchev–Trinajstić information content (AvgIpc) is 2.48. The first-order valence-corrected chi connectivity index (χ1v) is 6.77. The number of aromatic nitrogens is 2. The van der Waals surface area contributed by atoms with Crippen molar-refractivity contribution in [3.63, 3.8) is 0 Å². The maximum Gasteiger partial charge on any atom is 0.130 e. The van der Waals surface area contributed by atoms with Gasteiger partial charge in [-0.1, -0.05) is 15.9 Å². The molecule has 0 atom stereocenters. The highest BCUT2D eigenvalue weighted by Gasteiger charge is 2.19. The molecule has 1 fully saturated rings. The van der Waals surface area contributed by atoms with Crippen molar-refractivity contribution >= 4 is 21.7 Å². The lowest BCUT2D eigenvalue weighted by molar-refractivity contribution is 0.152. The van der Waals surface area contributed by atoms with Crippen molar-refractivity contribution < 1.29 is 4.74 Å². The van der Waals surface area contributed by atoms with Crippen molar-refractivity contribution in [2.75, 3.05) is 31.2 Å². The van der Waals surface area contributed by atoms with Crippen molar-refractivity contribution in [2.45, 2.75) is 18.7 Å². The minimum atomic E-state index is 0.811. The minimum Gasteiger partial charge on any atom is -0.380 e. The smallest absolute Gasteiger partial charge is 0.130 e. The van der Waals surface area contributed by atoms with Crippen LogP contribution >= 0.6 is 15.9 Å². The number of hydrogen-bond donors (Lipinski definition) is 0. The van der Waals surface area contributed by atoms with Gasteiger partial charge in [0.05, 0.1) is 12.3 Å². The van der Waals surface area contributed by atoms with E-state index < -0.39 is 0 Å². The lowest BCUT2D eigenvalue weighted by atomic mass is 10.2. The molecule has 0 N–H and O–H groups in total. The second kappa shape index (κ2) is 5.19. The topological polar surface area (TPSA) is 30.3 Å². The average molecular weight is 288 g/mol. The first-order valence-electron chi connectivity index (χ1n) is 5.65. The van der Waals surface area contributed by atoms with E-state index in [9.17, 15) is 0 Å². The Morgan fingerprint density at radius 1 is 1.38 bits per heavy atom. The van der Waals surface area contributed by atoms with Crippen molar-refractivity contribution in [3.05, 3.63) is 11.3 Å². The van der Waals surface area contributed by atoms with Crippen LogP contribution in [0.1, 0.15) is 17.7 Å². The molecule has 0 spiro atoms. The zero-order valence-corrected chi connectivity index (χ0v) is 11.5. The molecule has 0 unspecified atom stereocenters. The van der Waals surface area contributed by atoms with Crippen LogP contribution in [0.3, 0.4) is 0 Å². The Bertz CT molecular complexity index is 356. The number of alkyl halides is 1. The van der Waals surface area contributed by atoms with E-state index in [1.807, 2.05) is 11.7 Å². The van der Waals surface area contributed by atoms with Gasteiger partial charge in [0.15, 0.2) is 0 Å². The normalized spacial score (nSPS) is 17.6. The molecule has 16 heavy (non-hydrogen) atoms. The Kier molecular flexibility index (Phi) is 3.86. The van der Waals surface area contributed by atoms with Crippen LogP contribution in [0.4, 0.5) is 5.82 Å². The maximum atomic E-state index is 5.48. The van der Waals surface area contributed by atoms with Gasteiger partial charge in [0, 0.05) is 37.6 Å². The Labute approximate surface area is 105 Å². The van der Waals surface area contributed by atoms with E-state index in [-0.39, 0.29) is 0 Å². The number of hydrogen-bond acceptors (Lipinski definition) is 3. The molecule has 1 aromatic rings. The van der Waals surface area contributed by atoms with Crippen LogP contribution in [0.5, 0.6) is 0 Å². The molecule has 0 radical (unpaired) electrons. The van der Waals surface area contributed by atoms with Crippen LogP contribution in [-0.4, -0.2) is 36.1 Å². The van der Waals surface area contributed by atoms with E-state index >= 15 is 0 Å². The largest absolute Gasteiger partial charge is 0.380 e. The molecule has 1 aliphatic heterocycles. The van der Waals surface area contributed by atoms with Gasteiger partial charge in [-0.25, -0.2) is 0 Å². The molecule has 0 aromatic carbocycles. The van der Waals surface area contributed by atoms with E-state index in [0.717, 1.165) is 43.7 Å². The van der Waals surface area contributed by atoms with Crippen LogP contribution in [0.2, 0.25) is 0 Å². The summed E-state index contributed by atoms with van der Waals surface area (Å²) in [5.41, 5.74) is 2.41. The van der Waals surface area contributed by atoms with Crippen LogP contribution in [-0.2, 0) is 17.1 Å². The predicted octanol–water partition coefficient (Wildman–Crippen LogP) is 1.85. The molecule has 1 aromatic heterocycles. The molecule has 1 saturated heterocycles. The molecule has 1 aliphatic rings. The fourth-order valence-electron chi connectivity index (χ4n) is 2.20. The molecule has 0 aliphatic carbocycles. The van der Waals surface area contributed by atoms with Crippen LogP contribution in [0.25, 0.3) is 0 Å². The Hall–Kier alpha value is -0.550. The van der Waals surface area contributed by atoms with Gasteiger partial charge in [0.2, 0.25) is 0 Å². The lowest BCUT2D eigenvalue weighted by Gasteiger charge is -2.23. The molecule has 5 heteroatoms. The van der Waals surface area contributed by atoms with Crippen LogP contribution < -0.4 is 4.90 Å². The van der Waals surface area contributed by atoms with E-state index in [1.54, 1.807) is 0 Å². The van der Waals surface area contributed by atoms with Crippen LogP contribution in [0.15, 0.2) is 0 Å². The molecule has 0 amide bonds. The quantitative estimate of drug-likeness (QED) is 0.778. The van der Waals surface area contributed by atoms with Gasteiger partial charge in [0.1, 0.15) is 5.82 Å². The molecule has 2 rings (SSSR count). The number of ether oxygens (including phenoxy) is 1. The fourth-order valence-corrected chi connectivity index (χ4v) is 2.86. The van der Waals surface area contributed by atoms with E-state index in [1.165, 1.54) is 11.4 Å². The number of rotatable bonds is 2. The third-order valence-corrected chi connectivity index (χ3v) is 3.53. The number of nitrogens with zero attached hydrogens (tertiary/aromatic N) is 3. The number of anilines is 1. The second-order valence-corrected chi connectivity index (χ2v) is 4.66. The van der Waals surface area contributed by atoms with Gasteiger partial charge >= 0.3 is 0 Å². The van der Waals surface area contributed by atoms with Gasteiger partial charge < -0.3 is 9.64 Å². The summed E-state index contributed by atoms with van der Waals surface area (Å²) in [6.45, 7) is 5.76. The Morgan fingerprint density at radius 3 is 2.94 bits per heavy atom. The summed E-state index contributed by atoms with van der Waals surface area (Å²) in [6, 6.07) is 0. The molecular formula is C11H18BrN3O. The van der Waals surface area contributed by atoms with E-state index in [2.05, 4.69) is 32.9 Å². The Balaban J connectivity index is 2.29. The first-order chi connectivity index (χ1) is 7.74. The fraction of sp³-hybridized carbons (Fsp3) is 0.727. The first kappa shape index (κ1) is 11.9. The summed E-state index contributed by atoms with van der Waals surface area (Å²) in [5, 5.41) is 5.35. The molecule has 2 heterocycles. The number of halogens is 1. The molecule has 0 saturated carbocycles. The molecule has 90 valence electrons. The zero-order valence-electron chi connectivity index (χ0n) is 9.87. The highest BCUT2D eigenvalue weighted by Crippen LogP contribution is 2.26. The van der Waals surface area contributed by atoms with Gasteiger partial charge in [-0.15, -0.1) is 0 Å². The standard InChI is InChI=1S/C11H18BrN3O/c1-9-10(8-12)11(14(2)13-9)15-4-3-6-16-7-5-15/h3-8H2,1-2H3. The minimum absolute atomic E-state index is 0.811. The van der Waals surface area contributed by atoms with Gasteiger partial charge in [-0.2, -0.15) is 5.10 Å². The molecular weight excluding hydrogens is 270 g/mol. The zero-order chi connectivity index (χ0) is 11.5. The van der Waals surface area contributed by atoms with Crippen molar-refractivity contribution in [3.8, 4) is 0 Å². The summed E-state index contributed by atoms with van der Waals surface area (Å²) in [6.07, 6.45) is 1.09. The van der Waals surface area contributed by atoms with Crippen molar-refractivity contribution in [1.29, 1.82) is 0 Å². The highest BCUT2D eigenvalue weighted by molar-refractivity contribution is 9.08.